The summed E-state index contributed by atoms with van der Waals surface area (Å²) in [7, 11) is 0. The molecule has 9 heteroatoms. The van der Waals surface area contributed by atoms with E-state index in [0.29, 0.717) is 25.2 Å². The highest BCUT2D eigenvalue weighted by atomic mass is 35.5. The van der Waals surface area contributed by atoms with Crippen LogP contribution in [0.15, 0.2) is 58.4 Å². The predicted molar refractivity (Wildman–Crippen MR) is 108 cm³/mol. The van der Waals surface area contributed by atoms with Crippen LogP contribution in [0.5, 0.6) is 0 Å². The molecule has 27 heavy (non-hydrogen) atoms. The van der Waals surface area contributed by atoms with Crippen molar-refractivity contribution in [3.63, 3.8) is 0 Å². The standard InChI is InChI=1S/C18H10ClFN4OS2/c19-13-4-2-1-3-11(13)9-14-15(25)21-17(26-14)22-18-24-23-16(27-18)10-5-7-12(20)8-6-10/h1-9H,(H,21,22,24,25)/b14-9-. The lowest BCUT2D eigenvalue weighted by Gasteiger charge is -1.97. The fourth-order valence-corrected chi connectivity index (χ4v) is 4.06. The van der Waals surface area contributed by atoms with Gasteiger partial charge in [-0.25, -0.2) is 4.39 Å². The van der Waals surface area contributed by atoms with Gasteiger partial charge in [0.05, 0.1) is 4.91 Å². The van der Waals surface area contributed by atoms with Gasteiger partial charge in [0.1, 0.15) is 10.8 Å². The lowest BCUT2D eigenvalue weighted by Crippen LogP contribution is -2.19. The minimum absolute atomic E-state index is 0.248. The predicted octanol–water partition coefficient (Wildman–Crippen LogP) is 4.89. The Bertz CT molecular complexity index is 1080. The van der Waals surface area contributed by atoms with E-state index in [1.165, 1.54) is 35.2 Å². The average Bonchev–Trinajstić information content (AvgIpc) is 3.25. The molecule has 2 aromatic carbocycles. The van der Waals surface area contributed by atoms with Crippen molar-refractivity contribution in [2.45, 2.75) is 0 Å². The van der Waals surface area contributed by atoms with Gasteiger partial charge < -0.3 is 5.32 Å². The lowest BCUT2D eigenvalue weighted by atomic mass is 10.2. The summed E-state index contributed by atoms with van der Waals surface area (Å²) in [6, 6.07) is 13.3. The highest BCUT2D eigenvalue weighted by molar-refractivity contribution is 8.18. The minimum atomic E-state index is -0.313. The summed E-state index contributed by atoms with van der Waals surface area (Å²) in [5, 5.41) is 12.8. The molecule has 4 rings (SSSR count). The van der Waals surface area contributed by atoms with Gasteiger partial charge in [-0.3, -0.25) is 4.79 Å². The van der Waals surface area contributed by atoms with E-state index in [2.05, 4.69) is 20.5 Å². The number of amides is 1. The van der Waals surface area contributed by atoms with E-state index in [9.17, 15) is 9.18 Å². The second kappa shape index (κ2) is 7.59. The molecule has 1 saturated heterocycles. The van der Waals surface area contributed by atoms with Gasteiger partial charge in [-0.15, -0.1) is 10.2 Å². The summed E-state index contributed by atoms with van der Waals surface area (Å²) in [4.78, 5) is 17.0. The zero-order chi connectivity index (χ0) is 18.8. The Morgan fingerprint density at radius 1 is 1.11 bits per heavy atom. The molecular formula is C18H10ClFN4OS2. The number of nitrogens with zero attached hydrogens (tertiary/aromatic N) is 3. The molecule has 2 heterocycles. The van der Waals surface area contributed by atoms with Crippen LogP contribution in [-0.4, -0.2) is 21.3 Å². The number of halogens is 2. The maximum atomic E-state index is 13.0. The van der Waals surface area contributed by atoms with E-state index in [4.69, 9.17) is 11.6 Å². The fourth-order valence-electron chi connectivity index (χ4n) is 2.27. The molecule has 0 aliphatic carbocycles. The number of thioether (sulfide) groups is 1. The maximum Gasteiger partial charge on any atom is 0.264 e. The van der Waals surface area contributed by atoms with Crippen LogP contribution in [0.25, 0.3) is 16.6 Å². The first-order valence-electron chi connectivity index (χ1n) is 7.72. The van der Waals surface area contributed by atoms with Crippen LogP contribution in [0.3, 0.4) is 0 Å². The molecule has 1 fully saturated rings. The van der Waals surface area contributed by atoms with E-state index >= 15 is 0 Å². The Balaban J connectivity index is 1.55. The average molecular weight is 417 g/mol. The Morgan fingerprint density at radius 2 is 1.89 bits per heavy atom. The van der Waals surface area contributed by atoms with Crippen LogP contribution >= 0.6 is 34.7 Å². The second-order valence-electron chi connectivity index (χ2n) is 5.40. The Morgan fingerprint density at radius 3 is 2.67 bits per heavy atom. The molecule has 5 nitrogen and oxygen atoms in total. The molecular weight excluding hydrogens is 407 g/mol. The van der Waals surface area contributed by atoms with Crippen LogP contribution in [-0.2, 0) is 4.79 Å². The van der Waals surface area contributed by atoms with Crippen molar-refractivity contribution in [3.8, 4) is 10.6 Å². The molecule has 1 amide bonds. The molecule has 1 aliphatic rings. The van der Waals surface area contributed by atoms with E-state index in [0.717, 1.165) is 11.1 Å². The van der Waals surface area contributed by atoms with Crippen molar-refractivity contribution in [1.82, 2.24) is 15.5 Å². The van der Waals surface area contributed by atoms with Gasteiger partial charge in [-0.05, 0) is 53.7 Å². The number of hydrogen-bond donors (Lipinski definition) is 1. The summed E-state index contributed by atoms with van der Waals surface area (Å²) in [6.45, 7) is 0. The third-order valence-electron chi connectivity index (χ3n) is 3.55. The van der Waals surface area contributed by atoms with Gasteiger partial charge in [0.25, 0.3) is 5.91 Å². The number of benzene rings is 2. The normalized spacial score (nSPS) is 16.9. The van der Waals surface area contributed by atoms with Crippen LogP contribution < -0.4 is 5.32 Å². The van der Waals surface area contributed by atoms with Crippen molar-refractivity contribution >= 4 is 57.0 Å². The van der Waals surface area contributed by atoms with Crippen molar-refractivity contribution in [2.75, 3.05) is 0 Å². The largest absolute Gasteiger partial charge is 0.300 e. The third-order valence-corrected chi connectivity index (χ3v) is 5.67. The molecule has 3 aromatic rings. The quantitative estimate of drug-likeness (QED) is 0.617. The molecule has 1 aromatic heterocycles. The molecule has 0 radical (unpaired) electrons. The first kappa shape index (κ1) is 17.8. The fraction of sp³-hybridized carbons (Fsp3) is 0. The first-order valence-corrected chi connectivity index (χ1v) is 9.73. The molecule has 0 bridgehead atoms. The van der Waals surface area contributed by atoms with E-state index < -0.39 is 0 Å². The highest BCUT2D eigenvalue weighted by Gasteiger charge is 2.24. The number of nitrogens with one attached hydrogen (secondary N) is 1. The van der Waals surface area contributed by atoms with Gasteiger partial charge in [0, 0.05) is 10.6 Å². The Kier molecular flexibility index (Phi) is 5.02. The van der Waals surface area contributed by atoms with Gasteiger partial charge >= 0.3 is 0 Å². The number of amidine groups is 1. The van der Waals surface area contributed by atoms with Gasteiger partial charge in [0.15, 0.2) is 5.17 Å². The number of aromatic nitrogens is 2. The number of hydrogen-bond acceptors (Lipinski definition) is 6. The lowest BCUT2D eigenvalue weighted by molar-refractivity contribution is -0.115. The molecule has 0 atom stereocenters. The highest BCUT2D eigenvalue weighted by Crippen LogP contribution is 2.32. The molecule has 0 unspecified atom stereocenters. The number of aliphatic imine (C=N–C) groups is 1. The number of carbonyl (C=O) groups is 1. The summed E-state index contributed by atoms with van der Waals surface area (Å²) in [6.07, 6.45) is 1.72. The number of carbonyl (C=O) groups excluding carboxylic acids is 1. The summed E-state index contributed by atoms with van der Waals surface area (Å²) in [5.41, 5.74) is 1.51. The molecule has 1 aliphatic heterocycles. The van der Waals surface area contributed by atoms with E-state index in [-0.39, 0.29) is 11.7 Å². The van der Waals surface area contributed by atoms with Crippen molar-refractivity contribution in [2.24, 2.45) is 4.99 Å². The minimum Gasteiger partial charge on any atom is -0.300 e. The van der Waals surface area contributed by atoms with Crippen molar-refractivity contribution < 1.29 is 9.18 Å². The monoisotopic (exact) mass is 416 g/mol. The van der Waals surface area contributed by atoms with Crippen LogP contribution in [0.1, 0.15) is 5.56 Å². The van der Waals surface area contributed by atoms with Gasteiger partial charge in [-0.1, -0.05) is 41.1 Å². The van der Waals surface area contributed by atoms with Crippen molar-refractivity contribution in [3.05, 3.63) is 69.8 Å². The SMILES string of the molecule is O=C1NC(=Nc2nnc(-c3ccc(F)cc3)s2)S/C1=C\c1ccccc1Cl. The topological polar surface area (TPSA) is 67.2 Å². The zero-order valence-electron chi connectivity index (χ0n) is 13.5. The third kappa shape index (κ3) is 4.08. The van der Waals surface area contributed by atoms with Gasteiger partial charge in [0.2, 0.25) is 5.13 Å². The Labute approximate surface area is 167 Å². The summed E-state index contributed by atoms with van der Waals surface area (Å²) < 4.78 is 13.0. The van der Waals surface area contributed by atoms with Gasteiger partial charge in [-0.2, -0.15) is 4.99 Å². The first-order chi connectivity index (χ1) is 13.1. The van der Waals surface area contributed by atoms with E-state index in [1.807, 2.05) is 18.2 Å². The van der Waals surface area contributed by atoms with Crippen LogP contribution in [0.4, 0.5) is 9.52 Å². The summed E-state index contributed by atoms with van der Waals surface area (Å²) in [5.74, 6) is -0.562. The van der Waals surface area contributed by atoms with E-state index in [1.54, 1.807) is 24.3 Å². The zero-order valence-corrected chi connectivity index (χ0v) is 15.9. The molecule has 0 spiro atoms. The Hall–Kier alpha value is -2.55. The maximum absolute atomic E-state index is 13.0. The van der Waals surface area contributed by atoms with Crippen LogP contribution in [0, 0.1) is 5.82 Å². The smallest absolute Gasteiger partial charge is 0.264 e. The number of rotatable bonds is 3. The summed E-state index contributed by atoms with van der Waals surface area (Å²) >= 11 is 8.59. The molecule has 1 N–H and O–H groups in total. The molecule has 134 valence electrons. The second-order valence-corrected chi connectivity index (χ2v) is 7.79. The van der Waals surface area contributed by atoms with Crippen molar-refractivity contribution in [1.29, 1.82) is 0 Å². The molecule has 0 saturated carbocycles. The van der Waals surface area contributed by atoms with Crippen LogP contribution in [0.2, 0.25) is 5.02 Å².